The molecule has 0 saturated carbocycles. The van der Waals surface area contributed by atoms with Gasteiger partial charge in [0.15, 0.2) is 5.13 Å². The molecule has 0 aliphatic heterocycles. The number of nitrogens with one attached hydrogen (secondary N) is 2. The summed E-state index contributed by atoms with van der Waals surface area (Å²) in [7, 11) is 0. The highest BCUT2D eigenvalue weighted by Gasteiger charge is 2.11. The lowest BCUT2D eigenvalue weighted by atomic mass is 10.1. The van der Waals surface area contributed by atoms with E-state index in [1.807, 2.05) is 48.7 Å². The molecule has 4 rings (SSSR count). The molecule has 0 saturated heterocycles. The lowest BCUT2D eigenvalue weighted by Crippen LogP contribution is -2.23. The third-order valence-electron chi connectivity index (χ3n) is 5.18. The summed E-state index contributed by atoms with van der Waals surface area (Å²) in [6.45, 7) is 4.10. The normalized spacial score (nSPS) is 10.8. The predicted molar refractivity (Wildman–Crippen MR) is 129 cm³/mol. The summed E-state index contributed by atoms with van der Waals surface area (Å²) in [5.41, 5.74) is 4.13. The van der Waals surface area contributed by atoms with Gasteiger partial charge in [-0.1, -0.05) is 36.4 Å². The number of hydrogen-bond donors (Lipinski definition) is 2. The van der Waals surface area contributed by atoms with E-state index in [4.69, 9.17) is 0 Å². The fraction of sp³-hybridized carbons (Fsp3) is 0.208. The standard InChI is InChI=1S/C24H23N5O3S/c1-15-4-3-5-19-22(15)26-14-29(23(19)32)11-10-21(31)28-24-27-20(13-33-24)18-8-6-17(7-9-18)12-25-16(2)30/h3-9,13-14H,10-12H2,1-2H3,(H,25,30)(H,27,28,31). The molecule has 4 aromatic rings. The summed E-state index contributed by atoms with van der Waals surface area (Å²) in [4.78, 5) is 45.0. The van der Waals surface area contributed by atoms with Gasteiger partial charge in [-0.25, -0.2) is 9.97 Å². The zero-order valence-electron chi connectivity index (χ0n) is 18.3. The second-order valence-corrected chi connectivity index (χ2v) is 8.52. The highest BCUT2D eigenvalue weighted by molar-refractivity contribution is 7.14. The Morgan fingerprint density at radius 3 is 2.67 bits per heavy atom. The first kappa shape index (κ1) is 22.3. The molecular weight excluding hydrogens is 438 g/mol. The summed E-state index contributed by atoms with van der Waals surface area (Å²) in [6.07, 6.45) is 1.62. The number of benzene rings is 2. The Morgan fingerprint density at radius 1 is 1.12 bits per heavy atom. The van der Waals surface area contributed by atoms with Gasteiger partial charge in [0.05, 0.1) is 22.9 Å². The van der Waals surface area contributed by atoms with Crippen molar-refractivity contribution in [2.75, 3.05) is 5.32 Å². The fourth-order valence-electron chi connectivity index (χ4n) is 3.38. The molecule has 0 fully saturated rings. The Kier molecular flexibility index (Phi) is 6.60. The molecule has 2 aromatic heterocycles. The number of rotatable bonds is 7. The molecule has 0 aliphatic rings. The van der Waals surface area contributed by atoms with E-state index in [9.17, 15) is 14.4 Å². The zero-order valence-corrected chi connectivity index (χ0v) is 19.1. The van der Waals surface area contributed by atoms with E-state index >= 15 is 0 Å². The summed E-state index contributed by atoms with van der Waals surface area (Å²) < 4.78 is 1.46. The van der Waals surface area contributed by atoms with Gasteiger partial charge in [0, 0.05) is 37.4 Å². The number of anilines is 1. The molecule has 2 amide bonds. The van der Waals surface area contributed by atoms with Crippen LogP contribution < -0.4 is 16.2 Å². The molecule has 2 aromatic carbocycles. The van der Waals surface area contributed by atoms with Crippen LogP contribution in [0.4, 0.5) is 5.13 Å². The minimum absolute atomic E-state index is 0.0733. The number of thiazole rings is 1. The molecular formula is C24H23N5O3S. The van der Waals surface area contributed by atoms with Crippen molar-refractivity contribution >= 4 is 39.2 Å². The second-order valence-electron chi connectivity index (χ2n) is 7.66. The van der Waals surface area contributed by atoms with Crippen molar-refractivity contribution in [1.29, 1.82) is 0 Å². The van der Waals surface area contributed by atoms with Crippen LogP contribution in [0, 0.1) is 6.92 Å². The van der Waals surface area contributed by atoms with E-state index < -0.39 is 0 Å². The van der Waals surface area contributed by atoms with Gasteiger partial charge in [-0.3, -0.25) is 19.0 Å². The molecule has 9 heteroatoms. The monoisotopic (exact) mass is 461 g/mol. The highest BCUT2D eigenvalue weighted by atomic mass is 32.1. The number of aryl methyl sites for hydroxylation is 2. The third kappa shape index (κ3) is 5.32. The van der Waals surface area contributed by atoms with Crippen LogP contribution in [0.15, 0.2) is 59.0 Å². The molecule has 0 unspecified atom stereocenters. The Balaban J connectivity index is 1.36. The molecule has 0 atom stereocenters. The Morgan fingerprint density at radius 2 is 1.91 bits per heavy atom. The van der Waals surface area contributed by atoms with E-state index in [1.54, 1.807) is 6.07 Å². The molecule has 2 heterocycles. The molecule has 2 N–H and O–H groups in total. The number of fused-ring (bicyclic) bond motifs is 1. The maximum atomic E-state index is 12.7. The van der Waals surface area contributed by atoms with Crippen LogP contribution in [-0.2, 0) is 22.7 Å². The maximum Gasteiger partial charge on any atom is 0.261 e. The number of carbonyl (C=O) groups excluding carboxylic acids is 2. The lowest BCUT2D eigenvalue weighted by molar-refractivity contribution is -0.119. The van der Waals surface area contributed by atoms with E-state index in [0.717, 1.165) is 22.4 Å². The Bertz CT molecular complexity index is 1380. The van der Waals surface area contributed by atoms with Crippen LogP contribution >= 0.6 is 11.3 Å². The van der Waals surface area contributed by atoms with Gasteiger partial charge >= 0.3 is 0 Å². The van der Waals surface area contributed by atoms with E-state index in [1.165, 1.54) is 29.2 Å². The van der Waals surface area contributed by atoms with Crippen LogP contribution in [0.5, 0.6) is 0 Å². The van der Waals surface area contributed by atoms with E-state index in [-0.39, 0.29) is 30.3 Å². The summed E-state index contributed by atoms with van der Waals surface area (Å²) >= 11 is 1.34. The molecule has 33 heavy (non-hydrogen) atoms. The molecule has 0 radical (unpaired) electrons. The zero-order chi connectivity index (χ0) is 23.4. The summed E-state index contributed by atoms with van der Waals surface area (Å²) in [6, 6.07) is 13.2. The second kappa shape index (κ2) is 9.74. The molecule has 0 bridgehead atoms. The molecule has 0 spiro atoms. The topological polar surface area (TPSA) is 106 Å². The van der Waals surface area contributed by atoms with Crippen LogP contribution in [0.3, 0.4) is 0 Å². The lowest BCUT2D eigenvalue weighted by Gasteiger charge is -2.07. The number of amides is 2. The molecule has 0 aliphatic carbocycles. The number of hydrogen-bond acceptors (Lipinski definition) is 6. The van der Waals surface area contributed by atoms with Gasteiger partial charge in [-0.15, -0.1) is 11.3 Å². The first-order chi connectivity index (χ1) is 15.9. The SMILES string of the molecule is CC(=O)NCc1ccc(-c2csc(NC(=O)CCn3cnc4c(C)cccc4c3=O)n2)cc1. The number of nitrogens with zero attached hydrogens (tertiary/aromatic N) is 3. The largest absolute Gasteiger partial charge is 0.352 e. The van der Waals surface area contributed by atoms with Crippen LogP contribution in [0.1, 0.15) is 24.5 Å². The summed E-state index contributed by atoms with van der Waals surface area (Å²) in [5, 5.41) is 8.47. The minimum atomic E-state index is -0.224. The molecule has 168 valence electrons. The van der Waals surface area contributed by atoms with Crippen molar-refractivity contribution in [3.05, 3.63) is 75.7 Å². The molecule has 8 nitrogen and oxygen atoms in total. The number of aromatic nitrogens is 3. The predicted octanol–water partition coefficient (Wildman–Crippen LogP) is 3.49. The minimum Gasteiger partial charge on any atom is -0.352 e. The van der Waals surface area contributed by atoms with Crippen LogP contribution in [0.2, 0.25) is 0 Å². The Labute approximate surface area is 194 Å². The first-order valence-electron chi connectivity index (χ1n) is 10.4. The van der Waals surface area contributed by atoms with Crippen molar-refractivity contribution in [1.82, 2.24) is 19.9 Å². The first-order valence-corrected chi connectivity index (χ1v) is 11.3. The van der Waals surface area contributed by atoms with Crippen LogP contribution in [-0.4, -0.2) is 26.3 Å². The maximum absolute atomic E-state index is 12.7. The average molecular weight is 462 g/mol. The fourth-order valence-corrected chi connectivity index (χ4v) is 4.12. The van der Waals surface area contributed by atoms with E-state index in [2.05, 4.69) is 20.6 Å². The van der Waals surface area contributed by atoms with Gasteiger partial charge in [0.1, 0.15) is 0 Å². The van der Waals surface area contributed by atoms with Crippen LogP contribution in [0.25, 0.3) is 22.2 Å². The average Bonchev–Trinajstić information content (AvgIpc) is 3.26. The van der Waals surface area contributed by atoms with Crippen molar-refractivity contribution in [2.24, 2.45) is 0 Å². The smallest absolute Gasteiger partial charge is 0.261 e. The van der Waals surface area contributed by atoms with Gasteiger partial charge in [0.2, 0.25) is 11.8 Å². The van der Waals surface area contributed by atoms with Crippen molar-refractivity contribution in [2.45, 2.75) is 33.4 Å². The third-order valence-corrected chi connectivity index (χ3v) is 5.93. The number of para-hydroxylation sites is 1. The van der Waals surface area contributed by atoms with Crippen molar-refractivity contribution < 1.29 is 9.59 Å². The Hall–Kier alpha value is -3.85. The quantitative estimate of drug-likeness (QED) is 0.438. The van der Waals surface area contributed by atoms with E-state index in [0.29, 0.717) is 22.6 Å². The van der Waals surface area contributed by atoms with Crippen molar-refractivity contribution in [3.63, 3.8) is 0 Å². The highest BCUT2D eigenvalue weighted by Crippen LogP contribution is 2.25. The number of carbonyl (C=O) groups is 2. The van der Waals surface area contributed by atoms with Gasteiger partial charge in [-0.05, 0) is 24.1 Å². The summed E-state index contributed by atoms with van der Waals surface area (Å²) in [5.74, 6) is -0.298. The van der Waals surface area contributed by atoms with Gasteiger partial charge < -0.3 is 10.6 Å². The van der Waals surface area contributed by atoms with Gasteiger partial charge in [-0.2, -0.15) is 0 Å². The van der Waals surface area contributed by atoms with Gasteiger partial charge in [0.25, 0.3) is 5.56 Å². The van der Waals surface area contributed by atoms with Crippen molar-refractivity contribution in [3.8, 4) is 11.3 Å².